The van der Waals surface area contributed by atoms with Crippen LogP contribution in [0.3, 0.4) is 0 Å². The fourth-order valence-electron chi connectivity index (χ4n) is 2.22. The van der Waals surface area contributed by atoms with Gasteiger partial charge in [0.2, 0.25) is 5.91 Å². The maximum absolute atomic E-state index is 12.2. The topological polar surface area (TPSA) is 64.0 Å². The second-order valence-corrected chi connectivity index (χ2v) is 6.20. The minimum Gasteiger partial charge on any atom is -0.346 e. The smallest absolute Gasteiger partial charge is 0.240 e. The summed E-state index contributed by atoms with van der Waals surface area (Å²) >= 11 is 1.57. The number of nitrogens with one attached hydrogen (secondary N) is 1. The van der Waals surface area contributed by atoms with Gasteiger partial charge in [0.15, 0.2) is 5.43 Å². The number of thiazole rings is 1. The third kappa shape index (κ3) is 3.78. The number of pyridine rings is 1. The molecule has 6 heteroatoms. The lowest BCUT2D eigenvalue weighted by atomic mass is 10.2. The number of amides is 1. The van der Waals surface area contributed by atoms with Crippen LogP contribution in [0.5, 0.6) is 0 Å². The van der Waals surface area contributed by atoms with Crippen molar-refractivity contribution in [3.63, 3.8) is 0 Å². The number of nitrogens with zero attached hydrogens (tertiary/aromatic N) is 2. The van der Waals surface area contributed by atoms with Gasteiger partial charge >= 0.3 is 0 Å². The highest BCUT2D eigenvalue weighted by Crippen LogP contribution is 2.15. The van der Waals surface area contributed by atoms with Crippen LogP contribution >= 0.6 is 11.3 Å². The minimum absolute atomic E-state index is 0.0343. The predicted octanol–water partition coefficient (Wildman–Crippen LogP) is 2.11. The molecule has 0 spiro atoms. The largest absolute Gasteiger partial charge is 0.346 e. The average Bonchev–Trinajstić information content (AvgIpc) is 2.80. The second-order valence-electron chi connectivity index (χ2n) is 5.14. The van der Waals surface area contributed by atoms with E-state index in [2.05, 4.69) is 10.3 Å². The molecule has 0 aliphatic rings. The van der Waals surface area contributed by atoms with Gasteiger partial charge in [0, 0.05) is 28.9 Å². The monoisotopic (exact) mass is 305 g/mol. The number of hydrogen-bond donors (Lipinski definition) is 1. The molecule has 2 aromatic heterocycles. The van der Waals surface area contributed by atoms with Crippen molar-refractivity contribution in [2.45, 2.75) is 40.3 Å². The summed E-state index contributed by atoms with van der Waals surface area (Å²) in [6.07, 6.45) is 0. The highest BCUT2D eigenvalue weighted by molar-refractivity contribution is 7.09. The van der Waals surface area contributed by atoms with Crippen LogP contribution < -0.4 is 10.7 Å². The molecule has 0 saturated heterocycles. The zero-order valence-electron chi connectivity index (χ0n) is 12.6. The number of rotatable bonds is 4. The first kappa shape index (κ1) is 15.4. The molecule has 0 aliphatic heterocycles. The van der Waals surface area contributed by atoms with Gasteiger partial charge in [-0.05, 0) is 27.7 Å². The van der Waals surface area contributed by atoms with E-state index in [-0.39, 0.29) is 23.9 Å². The number of carbonyl (C=O) groups excluding carboxylic acids is 1. The second kappa shape index (κ2) is 6.22. The third-order valence-electron chi connectivity index (χ3n) is 3.31. The first-order valence-corrected chi connectivity index (χ1v) is 7.64. The SMILES string of the molecule is Cc1nc(C(C)NC(=O)Cn2c(C)cc(=O)cc2C)cs1. The van der Waals surface area contributed by atoms with Crippen molar-refractivity contribution >= 4 is 17.2 Å². The number of hydrogen-bond acceptors (Lipinski definition) is 4. The zero-order valence-corrected chi connectivity index (χ0v) is 13.5. The van der Waals surface area contributed by atoms with Crippen molar-refractivity contribution in [1.29, 1.82) is 0 Å². The summed E-state index contributed by atoms with van der Waals surface area (Å²) in [5.41, 5.74) is 2.41. The first-order chi connectivity index (χ1) is 9.86. The summed E-state index contributed by atoms with van der Waals surface area (Å²) in [6, 6.07) is 2.95. The Labute approximate surface area is 127 Å². The molecule has 1 unspecified atom stereocenters. The Morgan fingerprint density at radius 3 is 2.48 bits per heavy atom. The fourth-order valence-corrected chi connectivity index (χ4v) is 2.93. The van der Waals surface area contributed by atoms with Crippen molar-refractivity contribution in [2.75, 3.05) is 0 Å². The maximum atomic E-state index is 12.2. The Morgan fingerprint density at radius 1 is 1.33 bits per heavy atom. The van der Waals surface area contributed by atoms with Crippen LogP contribution in [0.15, 0.2) is 22.3 Å². The predicted molar refractivity (Wildman–Crippen MR) is 83.6 cm³/mol. The molecule has 1 N–H and O–H groups in total. The van der Waals surface area contributed by atoms with Crippen LogP contribution in [0.2, 0.25) is 0 Å². The molecule has 2 heterocycles. The lowest BCUT2D eigenvalue weighted by molar-refractivity contribution is -0.122. The molecule has 21 heavy (non-hydrogen) atoms. The van der Waals surface area contributed by atoms with E-state index in [1.54, 1.807) is 11.3 Å². The van der Waals surface area contributed by atoms with Gasteiger partial charge in [0.1, 0.15) is 6.54 Å². The van der Waals surface area contributed by atoms with E-state index in [1.807, 2.05) is 37.6 Å². The van der Waals surface area contributed by atoms with Crippen molar-refractivity contribution in [3.8, 4) is 0 Å². The van der Waals surface area contributed by atoms with Gasteiger partial charge in [0.25, 0.3) is 0 Å². The lowest BCUT2D eigenvalue weighted by Crippen LogP contribution is -2.31. The molecule has 0 aromatic carbocycles. The van der Waals surface area contributed by atoms with E-state index < -0.39 is 0 Å². The number of aromatic nitrogens is 2. The van der Waals surface area contributed by atoms with E-state index >= 15 is 0 Å². The Hall–Kier alpha value is -1.95. The highest BCUT2D eigenvalue weighted by Gasteiger charge is 2.13. The zero-order chi connectivity index (χ0) is 15.6. The van der Waals surface area contributed by atoms with Crippen molar-refractivity contribution in [2.24, 2.45) is 0 Å². The summed E-state index contributed by atoms with van der Waals surface area (Å²) in [7, 11) is 0. The Bertz CT molecular complexity index is 692. The standard InChI is InChI=1S/C15H19N3O2S/c1-9-5-13(19)6-10(2)18(9)7-15(20)16-11(3)14-8-21-12(4)17-14/h5-6,8,11H,7H2,1-4H3,(H,16,20). The van der Waals surface area contributed by atoms with Gasteiger partial charge in [-0.15, -0.1) is 11.3 Å². The third-order valence-corrected chi connectivity index (χ3v) is 4.11. The van der Waals surface area contributed by atoms with Gasteiger partial charge in [-0.3, -0.25) is 9.59 Å². The van der Waals surface area contributed by atoms with Gasteiger partial charge in [-0.1, -0.05) is 0 Å². The number of carbonyl (C=O) groups is 1. The Balaban J connectivity index is 2.07. The summed E-state index contributed by atoms with van der Waals surface area (Å²) in [6.45, 7) is 7.71. The first-order valence-electron chi connectivity index (χ1n) is 6.76. The molecule has 1 amide bonds. The van der Waals surface area contributed by atoms with Crippen LogP contribution in [0.4, 0.5) is 0 Å². The molecule has 1 atom stereocenters. The molecule has 0 fully saturated rings. The summed E-state index contributed by atoms with van der Waals surface area (Å²) in [5, 5.41) is 5.87. The van der Waals surface area contributed by atoms with Crippen LogP contribution in [0, 0.1) is 20.8 Å². The normalized spacial score (nSPS) is 12.2. The molecule has 112 valence electrons. The molecule has 2 rings (SSSR count). The minimum atomic E-state index is -0.123. The summed E-state index contributed by atoms with van der Waals surface area (Å²) in [5.74, 6) is -0.0944. The molecule has 5 nitrogen and oxygen atoms in total. The van der Waals surface area contributed by atoms with Gasteiger partial charge in [0.05, 0.1) is 16.7 Å². The van der Waals surface area contributed by atoms with Crippen LogP contribution in [-0.2, 0) is 11.3 Å². The lowest BCUT2D eigenvalue weighted by Gasteiger charge is -2.16. The quantitative estimate of drug-likeness (QED) is 0.941. The fraction of sp³-hybridized carbons (Fsp3) is 0.400. The maximum Gasteiger partial charge on any atom is 0.240 e. The summed E-state index contributed by atoms with van der Waals surface area (Å²) < 4.78 is 1.83. The summed E-state index contributed by atoms with van der Waals surface area (Å²) in [4.78, 5) is 27.9. The Morgan fingerprint density at radius 2 is 1.95 bits per heavy atom. The van der Waals surface area contributed by atoms with Crippen LogP contribution in [-0.4, -0.2) is 15.5 Å². The van der Waals surface area contributed by atoms with E-state index in [0.29, 0.717) is 0 Å². The van der Waals surface area contributed by atoms with Crippen molar-refractivity contribution in [1.82, 2.24) is 14.9 Å². The number of aryl methyl sites for hydroxylation is 3. The highest BCUT2D eigenvalue weighted by atomic mass is 32.1. The van der Waals surface area contributed by atoms with E-state index in [1.165, 1.54) is 12.1 Å². The van der Waals surface area contributed by atoms with E-state index in [0.717, 1.165) is 22.1 Å². The molecule has 0 aliphatic carbocycles. The van der Waals surface area contributed by atoms with Crippen LogP contribution in [0.25, 0.3) is 0 Å². The molecule has 0 radical (unpaired) electrons. The van der Waals surface area contributed by atoms with Gasteiger partial charge in [-0.25, -0.2) is 4.98 Å². The molecular weight excluding hydrogens is 286 g/mol. The molecule has 0 bridgehead atoms. The average molecular weight is 305 g/mol. The van der Waals surface area contributed by atoms with Crippen molar-refractivity contribution < 1.29 is 4.79 Å². The van der Waals surface area contributed by atoms with E-state index in [4.69, 9.17) is 0 Å². The molecule has 2 aromatic rings. The van der Waals surface area contributed by atoms with Gasteiger partial charge in [-0.2, -0.15) is 0 Å². The van der Waals surface area contributed by atoms with Crippen LogP contribution in [0.1, 0.15) is 35.1 Å². The molecular formula is C15H19N3O2S. The van der Waals surface area contributed by atoms with Crippen molar-refractivity contribution in [3.05, 3.63) is 49.8 Å². The Kier molecular flexibility index (Phi) is 4.57. The van der Waals surface area contributed by atoms with E-state index in [9.17, 15) is 9.59 Å². The molecule has 0 saturated carbocycles. The van der Waals surface area contributed by atoms with Gasteiger partial charge < -0.3 is 9.88 Å².